The van der Waals surface area contributed by atoms with E-state index in [0.29, 0.717) is 0 Å². The van der Waals surface area contributed by atoms with Gasteiger partial charge in [-0.3, -0.25) is 0 Å². The predicted octanol–water partition coefficient (Wildman–Crippen LogP) is 7.30. The minimum Gasteiger partial charge on any atom is -0.455 e. The second-order valence-electron chi connectivity index (χ2n) is 10.5. The van der Waals surface area contributed by atoms with Crippen molar-refractivity contribution in [3.8, 4) is 5.69 Å². The van der Waals surface area contributed by atoms with Gasteiger partial charge >= 0.3 is 0 Å². The number of nitrogens with zero attached hydrogens (tertiary/aromatic N) is 1. The van der Waals surface area contributed by atoms with E-state index < -0.39 is 8.32 Å². The Hall–Kier alpha value is -4.90. The maximum absolute atomic E-state index is 6.65. The van der Waals surface area contributed by atoms with Crippen molar-refractivity contribution in [2.75, 3.05) is 7.11 Å². The SMILES string of the molecule is CO[Si](c1ccccc1)(c1ccccc1)c1cccc(-n2c3ccccc3c3c4oc5ccccc5c4ccc32)c1. The fraction of sp³-hybridized carbons (Fsp3) is 0.0270. The van der Waals surface area contributed by atoms with Gasteiger partial charge in [0, 0.05) is 29.0 Å². The van der Waals surface area contributed by atoms with Crippen LogP contribution in [-0.4, -0.2) is 20.0 Å². The second kappa shape index (κ2) is 9.34. The maximum Gasteiger partial charge on any atom is 0.288 e. The third kappa shape index (κ3) is 3.48. The lowest BCUT2D eigenvalue weighted by molar-refractivity contribution is 0.426. The van der Waals surface area contributed by atoms with Crippen LogP contribution in [0.2, 0.25) is 0 Å². The Morgan fingerprint density at radius 2 is 1.17 bits per heavy atom. The zero-order valence-corrected chi connectivity index (χ0v) is 23.6. The number of fused-ring (bicyclic) bond motifs is 7. The Morgan fingerprint density at radius 3 is 1.90 bits per heavy atom. The van der Waals surface area contributed by atoms with Gasteiger partial charge in [-0.05, 0) is 52.0 Å². The van der Waals surface area contributed by atoms with E-state index in [-0.39, 0.29) is 0 Å². The van der Waals surface area contributed by atoms with E-state index in [1.165, 1.54) is 20.9 Å². The topological polar surface area (TPSA) is 27.3 Å². The van der Waals surface area contributed by atoms with Crippen molar-refractivity contribution in [1.82, 2.24) is 4.57 Å². The highest BCUT2D eigenvalue weighted by atomic mass is 28.4. The van der Waals surface area contributed by atoms with Crippen molar-refractivity contribution >= 4 is 67.6 Å². The predicted molar refractivity (Wildman–Crippen MR) is 173 cm³/mol. The summed E-state index contributed by atoms with van der Waals surface area (Å²) < 4.78 is 15.5. The Bertz CT molecular complexity index is 2160. The normalized spacial score (nSPS) is 12.1. The highest BCUT2D eigenvalue weighted by molar-refractivity contribution is 7.07. The van der Waals surface area contributed by atoms with Crippen LogP contribution in [0.5, 0.6) is 0 Å². The van der Waals surface area contributed by atoms with Gasteiger partial charge in [-0.1, -0.05) is 109 Å². The molecule has 0 fully saturated rings. The first-order chi connectivity index (χ1) is 20.3. The van der Waals surface area contributed by atoms with E-state index in [1.54, 1.807) is 0 Å². The van der Waals surface area contributed by atoms with Crippen LogP contribution in [0.15, 0.2) is 150 Å². The van der Waals surface area contributed by atoms with Gasteiger partial charge in [0.25, 0.3) is 8.32 Å². The molecule has 41 heavy (non-hydrogen) atoms. The van der Waals surface area contributed by atoms with Gasteiger partial charge in [-0.2, -0.15) is 0 Å². The molecular weight excluding hydrogens is 518 g/mol. The molecule has 0 saturated carbocycles. The summed E-state index contributed by atoms with van der Waals surface area (Å²) >= 11 is 0. The Morgan fingerprint density at radius 1 is 0.537 bits per heavy atom. The number of aromatic nitrogens is 1. The van der Waals surface area contributed by atoms with Crippen LogP contribution in [0.25, 0.3) is 49.4 Å². The summed E-state index contributed by atoms with van der Waals surface area (Å²) in [7, 11) is -0.916. The van der Waals surface area contributed by atoms with Crippen LogP contribution in [0.4, 0.5) is 0 Å². The Balaban J connectivity index is 1.43. The summed E-state index contributed by atoms with van der Waals surface area (Å²) in [5.41, 5.74) is 5.22. The summed E-state index contributed by atoms with van der Waals surface area (Å²) in [6, 6.07) is 51.6. The molecule has 6 aromatic carbocycles. The first-order valence-corrected chi connectivity index (χ1v) is 15.8. The summed E-state index contributed by atoms with van der Waals surface area (Å²) in [5.74, 6) is 0. The van der Waals surface area contributed by atoms with Gasteiger partial charge < -0.3 is 13.4 Å². The van der Waals surface area contributed by atoms with Crippen LogP contribution >= 0.6 is 0 Å². The summed E-state index contributed by atoms with van der Waals surface area (Å²) in [4.78, 5) is 0. The number of hydrogen-bond donors (Lipinski definition) is 0. The molecule has 0 radical (unpaired) electrons. The van der Waals surface area contributed by atoms with E-state index in [1.807, 2.05) is 19.2 Å². The maximum atomic E-state index is 6.65. The largest absolute Gasteiger partial charge is 0.455 e. The van der Waals surface area contributed by atoms with E-state index in [4.69, 9.17) is 8.84 Å². The number of benzene rings is 6. The molecule has 0 aliphatic rings. The lowest BCUT2D eigenvalue weighted by Gasteiger charge is -2.31. The van der Waals surface area contributed by atoms with E-state index in [9.17, 15) is 0 Å². The smallest absolute Gasteiger partial charge is 0.288 e. The molecule has 0 aliphatic carbocycles. The van der Waals surface area contributed by atoms with E-state index in [2.05, 4.69) is 138 Å². The van der Waals surface area contributed by atoms with Gasteiger partial charge in [-0.15, -0.1) is 0 Å². The van der Waals surface area contributed by atoms with Crippen LogP contribution < -0.4 is 15.6 Å². The highest BCUT2D eigenvalue weighted by Crippen LogP contribution is 2.40. The average Bonchev–Trinajstić information content (AvgIpc) is 3.59. The molecule has 196 valence electrons. The first-order valence-electron chi connectivity index (χ1n) is 13.9. The molecule has 0 N–H and O–H groups in total. The number of rotatable bonds is 5. The van der Waals surface area contributed by atoms with Crippen LogP contribution in [0, 0.1) is 0 Å². The summed E-state index contributed by atoms with van der Waals surface area (Å²) in [6.07, 6.45) is 0. The van der Waals surface area contributed by atoms with Crippen molar-refractivity contribution in [2.45, 2.75) is 0 Å². The first kappa shape index (κ1) is 23.9. The van der Waals surface area contributed by atoms with E-state index >= 15 is 0 Å². The quantitative estimate of drug-likeness (QED) is 0.168. The summed E-state index contributed by atoms with van der Waals surface area (Å²) in [6.45, 7) is 0. The third-order valence-electron chi connectivity index (χ3n) is 8.36. The molecule has 0 aliphatic heterocycles. The standard InChI is InChI=1S/C37H27NO2Si/c1-39-41(27-14-4-2-5-15-27,28-16-6-3-7-17-28)29-18-12-13-26(25-29)38-33-21-10-8-20-32(33)36-34(38)24-23-31-30-19-9-11-22-35(30)40-37(31)36/h2-25H,1H3. The van der Waals surface area contributed by atoms with Crippen LogP contribution in [0.3, 0.4) is 0 Å². The monoisotopic (exact) mass is 545 g/mol. The minimum absolute atomic E-state index is 0.912. The molecule has 0 spiro atoms. The molecule has 4 heteroatoms. The molecule has 0 amide bonds. The molecule has 8 rings (SSSR count). The number of hydrogen-bond acceptors (Lipinski definition) is 2. The second-order valence-corrected chi connectivity index (χ2v) is 14.0. The lowest BCUT2D eigenvalue weighted by Crippen LogP contribution is -2.68. The van der Waals surface area contributed by atoms with Gasteiger partial charge in [0.1, 0.15) is 11.2 Å². The molecule has 0 bridgehead atoms. The van der Waals surface area contributed by atoms with Crippen LogP contribution in [-0.2, 0) is 4.43 Å². The minimum atomic E-state index is -2.77. The molecule has 0 atom stereocenters. The van der Waals surface area contributed by atoms with Crippen molar-refractivity contribution in [3.05, 3.63) is 146 Å². The van der Waals surface area contributed by atoms with Crippen molar-refractivity contribution in [2.24, 2.45) is 0 Å². The Labute approximate surface area is 239 Å². The Kier molecular flexibility index (Phi) is 5.45. The number of furan rings is 1. The zero-order chi connectivity index (χ0) is 27.4. The van der Waals surface area contributed by atoms with Gasteiger partial charge in [0.2, 0.25) is 0 Å². The average molecular weight is 546 g/mol. The number of para-hydroxylation sites is 2. The summed E-state index contributed by atoms with van der Waals surface area (Å²) in [5, 5.41) is 8.24. The van der Waals surface area contributed by atoms with E-state index in [0.717, 1.165) is 44.0 Å². The highest BCUT2D eigenvalue weighted by Gasteiger charge is 2.41. The molecule has 8 aromatic rings. The van der Waals surface area contributed by atoms with Gasteiger partial charge in [0.05, 0.1) is 16.4 Å². The molecule has 0 unspecified atom stereocenters. The zero-order valence-electron chi connectivity index (χ0n) is 22.6. The molecule has 0 saturated heterocycles. The lowest BCUT2D eigenvalue weighted by atomic mass is 10.1. The fourth-order valence-electron chi connectivity index (χ4n) is 6.58. The van der Waals surface area contributed by atoms with Crippen LogP contribution in [0.1, 0.15) is 0 Å². The third-order valence-corrected chi connectivity index (χ3v) is 12.4. The fourth-order valence-corrected chi connectivity index (χ4v) is 10.3. The molecule has 2 aromatic heterocycles. The van der Waals surface area contributed by atoms with Crippen molar-refractivity contribution in [1.29, 1.82) is 0 Å². The van der Waals surface area contributed by atoms with Gasteiger partial charge in [0.15, 0.2) is 0 Å². The van der Waals surface area contributed by atoms with Crippen molar-refractivity contribution in [3.63, 3.8) is 0 Å². The van der Waals surface area contributed by atoms with Crippen molar-refractivity contribution < 1.29 is 8.84 Å². The molecule has 2 heterocycles. The van der Waals surface area contributed by atoms with Gasteiger partial charge in [-0.25, -0.2) is 0 Å². The molecule has 3 nitrogen and oxygen atoms in total. The molecular formula is C37H27NO2Si.